The number of nitrogens with one attached hydrogen (secondary N) is 1. The summed E-state index contributed by atoms with van der Waals surface area (Å²) in [7, 11) is 0. The van der Waals surface area contributed by atoms with Crippen LogP contribution in [0.5, 0.6) is 0 Å². The molecule has 1 amide bonds. The maximum Gasteiger partial charge on any atom is 0.251 e. The van der Waals surface area contributed by atoms with Crippen molar-refractivity contribution >= 4 is 28.6 Å². The summed E-state index contributed by atoms with van der Waals surface area (Å²) >= 11 is 1.80. The third-order valence-electron chi connectivity index (χ3n) is 3.46. The summed E-state index contributed by atoms with van der Waals surface area (Å²) in [5.41, 5.74) is 14.4. The highest BCUT2D eigenvalue weighted by Gasteiger charge is 2.15. The third-order valence-corrected chi connectivity index (χ3v) is 4.70. The molecule has 104 valence electrons. The van der Waals surface area contributed by atoms with Gasteiger partial charge in [-0.25, -0.2) is 0 Å². The lowest BCUT2D eigenvalue weighted by molar-refractivity contribution is 0.0951. The molecular formula is C15H17N3OS. The molecule has 2 aromatic rings. The molecule has 20 heavy (non-hydrogen) atoms. The van der Waals surface area contributed by atoms with E-state index in [9.17, 15) is 4.79 Å². The number of carbonyl (C=O) groups is 1. The number of nitrogens with two attached hydrogens (primary N) is 2. The van der Waals surface area contributed by atoms with Gasteiger partial charge in [0.1, 0.15) is 0 Å². The van der Waals surface area contributed by atoms with Gasteiger partial charge in [-0.05, 0) is 49.1 Å². The topological polar surface area (TPSA) is 81.1 Å². The fraction of sp³-hybridized carbons (Fsp3) is 0.267. The van der Waals surface area contributed by atoms with E-state index >= 15 is 0 Å². The standard InChI is InChI=1S/C15H17N3OS/c16-11-4-10(5-12(17)7-11)15(19)18-8-13-6-9-2-1-3-14(9)20-13/h4-7H,1-3,8,16-17H2,(H,18,19). The van der Waals surface area contributed by atoms with Gasteiger partial charge in [0.25, 0.3) is 5.91 Å². The normalized spacial score (nSPS) is 13.2. The van der Waals surface area contributed by atoms with E-state index < -0.39 is 0 Å². The first-order chi connectivity index (χ1) is 9.61. The van der Waals surface area contributed by atoms with E-state index in [4.69, 9.17) is 11.5 Å². The molecule has 0 saturated heterocycles. The molecule has 0 bridgehead atoms. The average Bonchev–Trinajstić information content (AvgIpc) is 2.95. The fourth-order valence-electron chi connectivity index (χ4n) is 2.55. The van der Waals surface area contributed by atoms with Gasteiger partial charge in [-0.15, -0.1) is 11.3 Å². The molecule has 0 atom stereocenters. The first-order valence-corrected chi connectivity index (χ1v) is 7.48. The Bertz CT molecular complexity index is 621. The Kier molecular flexibility index (Phi) is 3.36. The summed E-state index contributed by atoms with van der Waals surface area (Å²) in [5, 5.41) is 2.92. The number of fused-ring (bicyclic) bond motifs is 1. The van der Waals surface area contributed by atoms with Gasteiger partial charge in [-0.3, -0.25) is 4.79 Å². The van der Waals surface area contributed by atoms with Gasteiger partial charge in [0.05, 0.1) is 6.54 Å². The number of aryl methyl sites for hydroxylation is 2. The molecule has 5 N–H and O–H groups in total. The Labute approximate surface area is 121 Å². The van der Waals surface area contributed by atoms with Gasteiger partial charge in [0, 0.05) is 26.7 Å². The smallest absolute Gasteiger partial charge is 0.251 e. The Hall–Kier alpha value is -2.01. The molecule has 0 unspecified atom stereocenters. The average molecular weight is 287 g/mol. The van der Waals surface area contributed by atoms with Crippen LogP contribution >= 0.6 is 11.3 Å². The van der Waals surface area contributed by atoms with E-state index in [1.807, 2.05) is 0 Å². The molecule has 0 spiro atoms. The maximum atomic E-state index is 12.1. The number of hydrogen-bond donors (Lipinski definition) is 3. The second-order valence-corrected chi connectivity index (χ2v) is 6.31. The quantitative estimate of drug-likeness (QED) is 0.758. The minimum absolute atomic E-state index is 0.141. The van der Waals surface area contributed by atoms with Crippen molar-refractivity contribution in [3.05, 3.63) is 45.1 Å². The van der Waals surface area contributed by atoms with Gasteiger partial charge < -0.3 is 16.8 Å². The Morgan fingerprint density at radius 3 is 2.60 bits per heavy atom. The molecule has 0 saturated carbocycles. The molecular weight excluding hydrogens is 270 g/mol. The first-order valence-electron chi connectivity index (χ1n) is 6.66. The van der Waals surface area contributed by atoms with Crippen molar-refractivity contribution in [2.75, 3.05) is 11.5 Å². The number of hydrogen-bond acceptors (Lipinski definition) is 4. The molecule has 4 nitrogen and oxygen atoms in total. The number of rotatable bonds is 3. The number of amides is 1. The van der Waals surface area contributed by atoms with Crippen LogP contribution in [0.4, 0.5) is 11.4 Å². The van der Waals surface area contributed by atoms with E-state index in [2.05, 4.69) is 11.4 Å². The Morgan fingerprint density at radius 2 is 1.90 bits per heavy atom. The number of carbonyl (C=O) groups excluding carboxylic acids is 1. The van der Waals surface area contributed by atoms with Crippen LogP contribution in [-0.4, -0.2) is 5.91 Å². The van der Waals surface area contributed by atoms with Crippen LogP contribution < -0.4 is 16.8 Å². The zero-order valence-corrected chi connectivity index (χ0v) is 11.9. The van der Waals surface area contributed by atoms with Crippen molar-refractivity contribution in [2.24, 2.45) is 0 Å². The maximum absolute atomic E-state index is 12.1. The first kappa shape index (κ1) is 13.0. The lowest BCUT2D eigenvalue weighted by Gasteiger charge is -2.06. The van der Waals surface area contributed by atoms with Crippen molar-refractivity contribution in [1.29, 1.82) is 0 Å². The molecule has 3 rings (SSSR count). The van der Waals surface area contributed by atoms with E-state index in [0.29, 0.717) is 23.5 Å². The zero-order valence-electron chi connectivity index (χ0n) is 11.1. The lowest BCUT2D eigenvalue weighted by atomic mass is 10.1. The van der Waals surface area contributed by atoms with Gasteiger partial charge in [-0.1, -0.05) is 0 Å². The van der Waals surface area contributed by atoms with Crippen LogP contribution in [0.2, 0.25) is 0 Å². The lowest BCUT2D eigenvalue weighted by Crippen LogP contribution is -2.22. The van der Waals surface area contributed by atoms with Crippen LogP contribution in [0, 0.1) is 0 Å². The summed E-state index contributed by atoms with van der Waals surface area (Å²) in [4.78, 5) is 14.8. The van der Waals surface area contributed by atoms with E-state index in [1.165, 1.54) is 34.6 Å². The van der Waals surface area contributed by atoms with Crippen molar-refractivity contribution in [1.82, 2.24) is 5.32 Å². The molecule has 0 radical (unpaired) electrons. The number of anilines is 2. The second-order valence-electron chi connectivity index (χ2n) is 5.09. The van der Waals surface area contributed by atoms with Crippen LogP contribution in [0.15, 0.2) is 24.3 Å². The van der Waals surface area contributed by atoms with E-state index in [0.717, 1.165) is 0 Å². The third kappa shape index (κ3) is 2.63. The summed E-state index contributed by atoms with van der Waals surface area (Å²) < 4.78 is 0. The molecule has 5 heteroatoms. The molecule has 0 fully saturated rings. The summed E-state index contributed by atoms with van der Waals surface area (Å²) in [6.07, 6.45) is 3.61. The fourth-order valence-corrected chi connectivity index (χ4v) is 3.76. The minimum atomic E-state index is -0.141. The highest BCUT2D eigenvalue weighted by atomic mass is 32.1. The van der Waals surface area contributed by atoms with E-state index in [1.54, 1.807) is 29.5 Å². The van der Waals surface area contributed by atoms with Crippen LogP contribution in [0.3, 0.4) is 0 Å². The van der Waals surface area contributed by atoms with Crippen molar-refractivity contribution in [3.63, 3.8) is 0 Å². The second kappa shape index (κ2) is 5.17. The van der Waals surface area contributed by atoms with Crippen molar-refractivity contribution in [2.45, 2.75) is 25.8 Å². The highest BCUT2D eigenvalue weighted by molar-refractivity contribution is 7.12. The highest BCUT2D eigenvalue weighted by Crippen LogP contribution is 2.30. The van der Waals surface area contributed by atoms with Gasteiger partial charge in [0.2, 0.25) is 0 Å². The van der Waals surface area contributed by atoms with Crippen molar-refractivity contribution < 1.29 is 4.79 Å². The van der Waals surface area contributed by atoms with E-state index in [-0.39, 0.29) is 5.91 Å². The summed E-state index contributed by atoms with van der Waals surface area (Å²) in [6, 6.07) is 7.13. The predicted octanol–water partition coefficient (Wildman–Crippen LogP) is 2.33. The van der Waals surface area contributed by atoms with Gasteiger partial charge >= 0.3 is 0 Å². The van der Waals surface area contributed by atoms with Gasteiger partial charge in [0.15, 0.2) is 0 Å². The number of thiophene rings is 1. The largest absolute Gasteiger partial charge is 0.399 e. The molecule has 1 aromatic carbocycles. The molecule has 1 aromatic heterocycles. The van der Waals surface area contributed by atoms with Crippen LogP contribution in [0.25, 0.3) is 0 Å². The SMILES string of the molecule is Nc1cc(N)cc(C(=O)NCc2cc3c(s2)CCC3)c1. The predicted molar refractivity (Wildman–Crippen MR) is 82.8 cm³/mol. The summed E-state index contributed by atoms with van der Waals surface area (Å²) in [6.45, 7) is 0.561. The van der Waals surface area contributed by atoms with Crippen molar-refractivity contribution in [3.8, 4) is 0 Å². The molecule has 1 aliphatic carbocycles. The van der Waals surface area contributed by atoms with Gasteiger partial charge in [-0.2, -0.15) is 0 Å². The van der Waals surface area contributed by atoms with Crippen LogP contribution in [-0.2, 0) is 19.4 Å². The minimum Gasteiger partial charge on any atom is -0.399 e. The number of nitrogen functional groups attached to an aromatic ring is 2. The molecule has 0 aliphatic heterocycles. The summed E-state index contributed by atoms with van der Waals surface area (Å²) in [5.74, 6) is -0.141. The van der Waals surface area contributed by atoms with Crippen LogP contribution in [0.1, 0.15) is 32.1 Å². The zero-order chi connectivity index (χ0) is 14.1. The Balaban J connectivity index is 1.66. The Morgan fingerprint density at radius 1 is 1.15 bits per heavy atom. The molecule has 1 heterocycles. The number of benzene rings is 1. The molecule has 1 aliphatic rings. The monoisotopic (exact) mass is 287 g/mol.